The zero-order valence-electron chi connectivity index (χ0n) is 16.9. The quantitative estimate of drug-likeness (QED) is 0.475. The SMILES string of the molecule is COc1ccccc1N1C(=S)N[C@H](c2ccccn2)[C@H]1c1cccn1-c1ccncc1. The van der Waals surface area contributed by atoms with Crippen molar-refractivity contribution in [3.8, 4) is 11.4 Å². The van der Waals surface area contributed by atoms with E-state index in [4.69, 9.17) is 17.0 Å². The molecule has 0 radical (unpaired) electrons. The molecule has 2 atom stereocenters. The second kappa shape index (κ2) is 8.20. The Bertz CT molecular complexity index is 1190. The minimum absolute atomic E-state index is 0.130. The van der Waals surface area contributed by atoms with E-state index in [0.717, 1.165) is 28.5 Å². The number of nitrogens with one attached hydrogen (secondary N) is 1. The van der Waals surface area contributed by atoms with Crippen LogP contribution in [-0.2, 0) is 0 Å². The summed E-state index contributed by atoms with van der Waals surface area (Å²) >= 11 is 5.83. The number of benzene rings is 1. The summed E-state index contributed by atoms with van der Waals surface area (Å²) in [6.07, 6.45) is 7.46. The number of methoxy groups -OCH3 is 1. The number of nitrogens with zero attached hydrogens (tertiary/aromatic N) is 4. The van der Waals surface area contributed by atoms with Gasteiger partial charge in [0.15, 0.2) is 5.11 Å². The second-order valence-electron chi connectivity index (χ2n) is 7.18. The summed E-state index contributed by atoms with van der Waals surface area (Å²) in [4.78, 5) is 10.9. The van der Waals surface area contributed by atoms with E-state index in [1.165, 1.54) is 0 Å². The predicted octanol–water partition coefficient (Wildman–Crippen LogP) is 4.45. The molecule has 154 valence electrons. The molecule has 1 N–H and O–H groups in total. The Morgan fingerprint density at radius 2 is 1.74 bits per heavy atom. The van der Waals surface area contributed by atoms with Gasteiger partial charge >= 0.3 is 0 Å². The molecule has 1 fully saturated rings. The lowest BCUT2D eigenvalue weighted by Gasteiger charge is -2.29. The molecule has 31 heavy (non-hydrogen) atoms. The molecule has 7 heteroatoms. The molecule has 0 bridgehead atoms. The highest BCUT2D eigenvalue weighted by molar-refractivity contribution is 7.80. The maximum absolute atomic E-state index is 5.83. The van der Waals surface area contributed by atoms with Crippen molar-refractivity contribution < 1.29 is 4.74 Å². The molecule has 5 rings (SSSR count). The van der Waals surface area contributed by atoms with Gasteiger partial charge in [0.25, 0.3) is 0 Å². The van der Waals surface area contributed by atoms with E-state index >= 15 is 0 Å². The Morgan fingerprint density at radius 3 is 2.52 bits per heavy atom. The minimum Gasteiger partial charge on any atom is -0.495 e. The van der Waals surface area contributed by atoms with Gasteiger partial charge in [0.1, 0.15) is 11.8 Å². The zero-order chi connectivity index (χ0) is 21.2. The van der Waals surface area contributed by atoms with Crippen LogP contribution in [0.15, 0.2) is 91.5 Å². The monoisotopic (exact) mass is 427 g/mol. The van der Waals surface area contributed by atoms with Gasteiger partial charge in [-0.2, -0.15) is 0 Å². The Morgan fingerprint density at radius 1 is 0.935 bits per heavy atom. The average molecular weight is 428 g/mol. The molecule has 1 aromatic carbocycles. The molecule has 3 aromatic heterocycles. The molecule has 1 aliphatic heterocycles. The summed E-state index contributed by atoms with van der Waals surface area (Å²) in [5.74, 6) is 0.764. The largest absolute Gasteiger partial charge is 0.495 e. The van der Waals surface area contributed by atoms with Crippen LogP contribution in [0.2, 0.25) is 0 Å². The van der Waals surface area contributed by atoms with E-state index in [-0.39, 0.29) is 12.1 Å². The van der Waals surface area contributed by atoms with E-state index in [0.29, 0.717) is 5.11 Å². The van der Waals surface area contributed by atoms with Crippen LogP contribution in [0.3, 0.4) is 0 Å². The number of rotatable bonds is 5. The number of hydrogen-bond acceptors (Lipinski definition) is 4. The highest BCUT2D eigenvalue weighted by atomic mass is 32.1. The molecule has 6 nitrogen and oxygen atoms in total. The van der Waals surface area contributed by atoms with Gasteiger partial charge in [0.05, 0.1) is 24.5 Å². The summed E-state index contributed by atoms with van der Waals surface area (Å²) in [5, 5.41) is 4.13. The molecular formula is C24H21N5OS. The van der Waals surface area contributed by atoms with E-state index in [2.05, 4.69) is 37.0 Å². The molecule has 0 unspecified atom stereocenters. The first-order chi connectivity index (χ1) is 15.3. The highest BCUT2D eigenvalue weighted by Crippen LogP contribution is 2.44. The molecule has 1 aliphatic rings. The fourth-order valence-corrected chi connectivity index (χ4v) is 4.46. The number of pyridine rings is 2. The summed E-state index contributed by atoms with van der Waals surface area (Å²) in [5.41, 5.74) is 3.95. The maximum Gasteiger partial charge on any atom is 0.174 e. The van der Waals surface area contributed by atoms with Gasteiger partial charge in [0.2, 0.25) is 0 Å². The first-order valence-electron chi connectivity index (χ1n) is 9.99. The van der Waals surface area contributed by atoms with Crippen LogP contribution >= 0.6 is 12.2 Å². The predicted molar refractivity (Wildman–Crippen MR) is 124 cm³/mol. The van der Waals surface area contributed by atoms with Crippen molar-refractivity contribution in [1.29, 1.82) is 0 Å². The van der Waals surface area contributed by atoms with Gasteiger partial charge in [-0.3, -0.25) is 9.97 Å². The van der Waals surface area contributed by atoms with Crippen LogP contribution in [0, 0.1) is 0 Å². The molecule has 0 saturated carbocycles. The van der Waals surface area contributed by atoms with E-state index in [1.807, 2.05) is 66.9 Å². The summed E-state index contributed by atoms with van der Waals surface area (Å²) < 4.78 is 7.83. The molecule has 1 saturated heterocycles. The van der Waals surface area contributed by atoms with Crippen molar-refractivity contribution in [2.24, 2.45) is 0 Å². The lowest BCUT2D eigenvalue weighted by atomic mass is 10.0. The van der Waals surface area contributed by atoms with Crippen LogP contribution in [0.25, 0.3) is 5.69 Å². The second-order valence-corrected chi connectivity index (χ2v) is 7.56. The summed E-state index contributed by atoms with van der Waals surface area (Å²) in [6, 6.07) is 21.8. The van der Waals surface area contributed by atoms with Crippen LogP contribution in [-0.4, -0.2) is 26.8 Å². The third kappa shape index (κ3) is 3.43. The first-order valence-corrected chi connectivity index (χ1v) is 10.4. The highest BCUT2D eigenvalue weighted by Gasteiger charge is 2.43. The smallest absolute Gasteiger partial charge is 0.174 e. The minimum atomic E-state index is -0.137. The third-order valence-electron chi connectivity index (χ3n) is 5.47. The zero-order valence-corrected chi connectivity index (χ0v) is 17.7. The van der Waals surface area contributed by atoms with Crippen molar-refractivity contribution in [2.45, 2.75) is 12.1 Å². The number of ether oxygens (including phenoxy) is 1. The number of para-hydroxylation sites is 2. The standard InChI is InChI=1S/C24H21N5OS/c1-30-21-10-3-2-8-19(21)29-23(22(27-24(29)31)18-7-4-5-13-26-18)20-9-6-16-28(20)17-11-14-25-15-12-17/h2-16,22-23H,1H3,(H,27,31)/t22-,23-/m1/s1. The Balaban J connectivity index is 1.69. The topological polar surface area (TPSA) is 55.2 Å². The van der Waals surface area contributed by atoms with Crippen LogP contribution < -0.4 is 15.0 Å². The maximum atomic E-state index is 5.83. The molecule has 0 amide bonds. The fourth-order valence-electron chi connectivity index (χ4n) is 4.12. The number of hydrogen-bond donors (Lipinski definition) is 1. The number of aromatic nitrogens is 3. The molecular weight excluding hydrogens is 406 g/mol. The molecule has 4 heterocycles. The van der Waals surface area contributed by atoms with E-state index in [9.17, 15) is 0 Å². The van der Waals surface area contributed by atoms with Gasteiger partial charge < -0.3 is 19.5 Å². The van der Waals surface area contributed by atoms with Gasteiger partial charge in [-0.1, -0.05) is 18.2 Å². The Labute approximate surface area is 186 Å². The van der Waals surface area contributed by atoms with Gasteiger partial charge in [-0.25, -0.2) is 0 Å². The van der Waals surface area contributed by atoms with Crippen LogP contribution in [0.1, 0.15) is 23.5 Å². The Kier molecular flexibility index (Phi) is 5.09. The number of thiocarbonyl (C=S) groups is 1. The molecule has 4 aromatic rings. The fraction of sp³-hybridized carbons (Fsp3) is 0.125. The normalized spacial score (nSPS) is 18.1. The lowest BCUT2D eigenvalue weighted by Crippen LogP contribution is -2.30. The average Bonchev–Trinajstić information content (AvgIpc) is 3.44. The first kappa shape index (κ1) is 19.3. The van der Waals surface area contributed by atoms with Gasteiger partial charge in [-0.05, 0) is 60.7 Å². The van der Waals surface area contributed by atoms with Crippen LogP contribution in [0.5, 0.6) is 5.75 Å². The van der Waals surface area contributed by atoms with E-state index in [1.54, 1.807) is 19.5 Å². The molecule has 0 aliphatic carbocycles. The number of anilines is 1. The van der Waals surface area contributed by atoms with E-state index < -0.39 is 0 Å². The molecule has 0 spiro atoms. The van der Waals surface area contributed by atoms with Crippen molar-refractivity contribution in [3.63, 3.8) is 0 Å². The lowest BCUT2D eigenvalue weighted by molar-refractivity contribution is 0.414. The summed E-state index contributed by atoms with van der Waals surface area (Å²) in [6.45, 7) is 0. The van der Waals surface area contributed by atoms with Crippen molar-refractivity contribution >= 4 is 23.0 Å². The van der Waals surface area contributed by atoms with Gasteiger partial charge in [0, 0.05) is 36.2 Å². The summed E-state index contributed by atoms with van der Waals surface area (Å²) in [7, 11) is 1.68. The van der Waals surface area contributed by atoms with Crippen molar-refractivity contribution in [2.75, 3.05) is 12.0 Å². The third-order valence-corrected chi connectivity index (χ3v) is 5.78. The van der Waals surface area contributed by atoms with Gasteiger partial charge in [-0.15, -0.1) is 0 Å². The van der Waals surface area contributed by atoms with Crippen molar-refractivity contribution in [1.82, 2.24) is 19.9 Å². The Hall–Kier alpha value is -3.71. The van der Waals surface area contributed by atoms with Crippen LogP contribution in [0.4, 0.5) is 5.69 Å². The van der Waals surface area contributed by atoms with Crippen molar-refractivity contribution in [3.05, 3.63) is 103 Å².